The SMILES string of the molecule is CCCCOc1c(Cl)cc(C(=O)O[C@@H](C)C(=O)NC2CC2)cc1OCC. The maximum Gasteiger partial charge on any atom is 0.339 e. The van der Waals surface area contributed by atoms with Gasteiger partial charge in [-0.3, -0.25) is 4.79 Å². The van der Waals surface area contributed by atoms with Crippen molar-refractivity contribution in [3.63, 3.8) is 0 Å². The second-order valence-electron chi connectivity index (χ2n) is 6.25. The molecule has 1 amide bonds. The van der Waals surface area contributed by atoms with Crippen molar-refractivity contribution < 1.29 is 23.8 Å². The van der Waals surface area contributed by atoms with E-state index in [-0.39, 0.29) is 22.5 Å². The minimum Gasteiger partial charge on any atom is -0.490 e. The number of unbranched alkanes of at least 4 members (excludes halogenated alkanes) is 1. The van der Waals surface area contributed by atoms with Crippen molar-refractivity contribution in [2.45, 2.75) is 58.6 Å². The Kier molecular flexibility index (Phi) is 7.57. The van der Waals surface area contributed by atoms with Gasteiger partial charge in [-0.15, -0.1) is 0 Å². The molecule has 0 bridgehead atoms. The lowest BCUT2D eigenvalue weighted by Crippen LogP contribution is -2.37. The van der Waals surface area contributed by atoms with E-state index in [4.69, 9.17) is 25.8 Å². The lowest BCUT2D eigenvalue weighted by molar-refractivity contribution is -0.129. The van der Waals surface area contributed by atoms with Crippen LogP contribution in [-0.4, -0.2) is 37.2 Å². The number of nitrogens with one attached hydrogen (secondary N) is 1. The van der Waals surface area contributed by atoms with Crippen LogP contribution in [0.15, 0.2) is 12.1 Å². The van der Waals surface area contributed by atoms with Crippen molar-refractivity contribution in [2.75, 3.05) is 13.2 Å². The van der Waals surface area contributed by atoms with Gasteiger partial charge in [-0.1, -0.05) is 24.9 Å². The van der Waals surface area contributed by atoms with Crippen molar-refractivity contribution in [1.29, 1.82) is 0 Å². The lowest BCUT2D eigenvalue weighted by atomic mass is 10.2. The van der Waals surface area contributed by atoms with E-state index < -0.39 is 12.1 Å². The van der Waals surface area contributed by atoms with E-state index in [9.17, 15) is 9.59 Å². The second kappa shape index (κ2) is 9.67. The normalized spacial score (nSPS) is 14.5. The van der Waals surface area contributed by atoms with Gasteiger partial charge in [-0.2, -0.15) is 0 Å². The number of amides is 1. The quantitative estimate of drug-likeness (QED) is 0.492. The summed E-state index contributed by atoms with van der Waals surface area (Å²) in [5.41, 5.74) is 0.215. The predicted molar refractivity (Wildman–Crippen MR) is 99.1 cm³/mol. The Labute approximate surface area is 159 Å². The standard InChI is InChI=1S/C19H26ClNO5/c1-4-6-9-25-17-15(20)10-13(11-16(17)24-5-2)19(23)26-12(3)18(22)21-14-7-8-14/h10-12,14H,4-9H2,1-3H3,(H,21,22)/t12-/m0/s1. The highest BCUT2D eigenvalue weighted by molar-refractivity contribution is 6.32. The van der Waals surface area contributed by atoms with E-state index in [1.807, 2.05) is 6.92 Å². The van der Waals surface area contributed by atoms with Gasteiger partial charge < -0.3 is 19.5 Å². The highest BCUT2D eigenvalue weighted by atomic mass is 35.5. The monoisotopic (exact) mass is 383 g/mol. The molecule has 1 aromatic carbocycles. The molecule has 0 spiro atoms. The molecule has 0 radical (unpaired) electrons. The number of hydrogen-bond donors (Lipinski definition) is 1. The van der Waals surface area contributed by atoms with Crippen LogP contribution in [0.5, 0.6) is 11.5 Å². The summed E-state index contributed by atoms with van der Waals surface area (Å²) in [6.45, 7) is 6.35. The number of benzene rings is 1. The molecule has 6 nitrogen and oxygen atoms in total. The van der Waals surface area contributed by atoms with Gasteiger partial charge in [0.25, 0.3) is 5.91 Å². The van der Waals surface area contributed by atoms with Crippen molar-refractivity contribution >= 4 is 23.5 Å². The molecule has 144 valence electrons. The predicted octanol–water partition coefficient (Wildman–Crippen LogP) is 3.74. The van der Waals surface area contributed by atoms with Crippen molar-refractivity contribution in [2.24, 2.45) is 0 Å². The van der Waals surface area contributed by atoms with E-state index in [0.717, 1.165) is 25.7 Å². The summed E-state index contributed by atoms with van der Waals surface area (Å²) in [6.07, 6.45) is 2.95. The molecule has 1 fully saturated rings. The molecule has 1 N–H and O–H groups in total. The van der Waals surface area contributed by atoms with Crippen LogP contribution in [0.25, 0.3) is 0 Å². The molecule has 1 aliphatic carbocycles. The first-order chi connectivity index (χ1) is 12.5. The van der Waals surface area contributed by atoms with E-state index in [2.05, 4.69) is 12.2 Å². The van der Waals surface area contributed by atoms with Crippen LogP contribution in [0, 0.1) is 0 Å². The number of hydrogen-bond acceptors (Lipinski definition) is 5. The molecule has 0 aliphatic heterocycles. The van der Waals surface area contributed by atoms with Gasteiger partial charge in [0.2, 0.25) is 0 Å². The summed E-state index contributed by atoms with van der Waals surface area (Å²) in [5, 5.41) is 3.08. The first kappa shape index (κ1) is 20.4. The fraction of sp³-hybridized carbons (Fsp3) is 0.579. The van der Waals surface area contributed by atoms with Gasteiger partial charge in [0.05, 0.1) is 23.8 Å². The Morgan fingerprint density at radius 2 is 2.00 bits per heavy atom. The molecular formula is C19H26ClNO5. The first-order valence-electron chi connectivity index (χ1n) is 9.06. The number of ether oxygens (including phenoxy) is 3. The molecule has 1 aromatic rings. The van der Waals surface area contributed by atoms with Gasteiger partial charge in [0.1, 0.15) is 0 Å². The minimum atomic E-state index is -0.877. The van der Waals surface area contributed by atoms with Crippen LogP contribution in [0.1, 0.15) is 56.8 Å². The van der Waals surface area contributed by atoms with Crippen LogP contribution in [0.4, 0.5) is 0 Å². The molecule has 2 rings (SSSR count). The maximum absolute atomic E-state index is 12.4. The van der Waals surface area contributed by atoms with Crippen molar-refractivity contribution in [1.82, 2.24) is 5.32 Å². The number of carbonyl (C=O) groups is 2. The fourth-order valence-electron chi connectivity index (χ4n) is 2.24. The van der Waals surface area contributed by atoms with Gasteiger partial charge in [0.15, 0.2) is 17.6 Å². The van der Waals surface area contributed by atoms with Crippen molar-refractivity contribution in [3.05, 3.63) is 22.7 Å². The number of esters is 1. The molecule has 1 saturated carbocycles. The third-order valence-electron chi connectivity index (χ3n) is 3.87. The van der Waals surface area contributed by atoms with Gasteiger partial charge in [0, 0.05) is 6.04 Å². The summed E-state index contributed by atoms with van der Waals surface area (Å²) in [7, 11) is 0. The van der Waals surface area contributed by atoms with E-state index >= 15 is 0 Å². The molecule has 0 heterocycles. The Balaban J connectivity index is 2.09. The summed E-state index contributed by atoms with van der Waals surface area (Å²) in [5.74, 6) is -0.126. The molecule has 1 aliphatic rings. The summed E-state index contributed by atoms with van der Waals surface area (Å²) in [4.78, 5) is 24.3. The molecule has 0 saturated heterocycles. The molecule has 1 atom stereocenters. The van der Waals surface area contributed by atoms with E-state index in [1.54, 1.807) is 6.92 Å². The van der Waals surface area contributed by atoms with Crippen LogP contribution < -0.4 is 14.8 Å². The fourth-order valence-corrected chi connectivity index (χ4v) is 2.50. The molecule has 7 heteroatoms. The zero-order valence-electron chi connectivity index (χ0n) is 15.5. The number of carbonyl (C=O) groups excluding carboxylic acids is 2. The van der Waals surface area contributed by atoms with Gasteiger partial charge in [-0.25, -0.2) is 4.79 Å². The van der Waals surface area contributed by atoms with Gasteiger partial charge in [-0.05, 0) is 45.2 Å². The van der Waals surface area contributed by atoms with Crippen LogP contribution >= 0.6 is 11.6 Å². The average Bonchev–Trinajstić information content (AvgIpc) is 3.41. The number of rotatable bonds is 10. The third kappa shape index (κ3) is 5.80. The highest BCUT2D eigenvalue weighted by Gasteiger charge is 2.28. The minimum absolute atomic E-state index is 0.210. The topological polar surface area (TPSA) is 73.9 Å². The van der Waals surface area contributed by atoms with Gasteiger partial charge >= 0.3 is 5.97 Å². The van der Waals surface area contributed by atoms with Crippen LogP contribution in [-0.2, 0) is 9.53 Å². The Morgan fingerprint density at radius 3 is 2.62 bits per heavy atom. The smallest absolute Gasteiger partial charge is 0.339 e. The van der Waals surface area contributed by atoms with Crippen LogP contribution in [0.3, 0.4) is 0 Å². The molecule has 0 unspecified atom stereocenters. The molecule has 0 aromatic heterocycles. The first-order valence-corrected chi connectivity index (χ1v) is 9.44. The maximum atomic E-state index is 12.4. The largest absolute Gasteiger partial charge is 0.490 e. The zero-order valence-corrected chi connectivity index (χ0v) is 16.2. The zero-order chi connectivity index (χ0) is 19.1. The Morgan fingerprint density at radius 1 is 1.27 bits per heavy atom. The Bertz CT molecular complexity index is 645. The lowest BCUT2D eigenvalue weighted by Gasteiger charge is -2.16. The summed E-state index contributed by atoms with van der Waals surface area (Å²) >= 11 is 6.28. The third-order valence-corrected chi connectivity index (χ3v) is 4.15. The van der Waals surface area contributed by atoms with Crippen molar-refractivity contribution in [3.8, 4) is 11.5 Å². The van der Waals surface area contributed by atoms with E-state index in [1.165, 1.54) is 12.1 Å². The molecular weight excluding hydrogens is 358 g/mol. The average molecular weight is 384 g/mol. The summed E-state index contributed by atoms with van der Waals surface area (Å²) in [6, 6.07) is 3.21. The highest BCUT2D eigenvalue weighted by Crippen LogP contribution is 2.37. The summed E-state index contributed by atoms with van der Waals surface area (Å²) < 4.78 is 16.5. The molecule has 26 heavy (non-hydrogen) atoms. The van der Waals surface area contributed by atoms with E-state index in [0.29, 0.717) is 24.7 Å². The number of halogens is 1. The van der Waals surface area contributed by atoms with Crippen LogP contribution in [0.2, 0.25) is 5.02 Å². The Hall–Kier alpha value is -1.95. The second-order valence-corrected chi connectivity index (χ2v) is 6.66.